The highest BCUT2D eigenvalue weighted by Crippen LogP contribution is 2.27. The second kappa shape index (κ2) is 9.86. The molecule has 1 N–H and O–H groups in total. The lowest BCUT2D eigenvalue weighted by atomic mass is 10.1. The summed E-state index contributed by atoms with van der Waals surface area (Å²) in [6, 6.07) is 11.1. The van der Waals surface area contributed by atoms with E-state index in [1.807, 2.05) is 35.2 Å². The molecule has 1 aromatic carbocycles. The van der Waals surface area contributed by atoms with Crippen LogP contribution >= 0.6 is 0 Å². The number of hydrogen-bond donors (Lipinski definition) is 1. The van der Waals surface area contributed by atoms with Crippen molar-refractivity contribution >= 4 is 5.97 Å². The second-order valence-electron chi connectivity index (χ2n) is 5.60. The van der Waals surface area contributed by atoms with Crippen molar-refractivity contribution in [1.82, 2.24) is 4.90 Å². The van der Waals surface area contributed by atoms with E-state index in [0.29, 0.717) is 25.3 Å². The fourth-order valence-electron chi connectivity index (χ4n) is 2.72. The molecule has 0 aliphatic carbocycles. The van der Waals surface area contributed by atoms with Crippen molar-refractivity contribution in [2.45, 2.75) is 25.9 Å². The quantitative estimate of drug-likeness (QED) is 0.666. The molecule has 1 aromatic heterocycles. The third-order valence-corrected chi connectivity index (χ3v) is 3.90. The maximum atomic E-state index is 12.0. The number of hydrogen-bond acceptors (Lipinski definition) is 6. The highest BCUT2D eigenvalue weighted by Gasteiger charge is 2.25. The topological polar surface area (TPSA) is 72.1 Å². The number of nitrogens with zero attached hydrogens (tertiary/aromatic N) is 1. The van der Waals surface area contributed by atoms with Crippen LogP contribution in [-0.4, -0.2) is 42.8 Å². The molecule has 2 aromatic rings. The number of aliphatic hydroxyl groups excluding tert-OH is 1. The van der Waals surface area contributed by atoms with E-state index in [-0.39, 0.29) is 25.2 Å². The molecule has 0 bridgehead atoms. The van der Waals surface area contributed by atoms with Gasteiger partial charge >= 0.3 is 5.97 Å². The Kier molecular flexibility index (Phi) is 7.50. The summed E-state index contributed by atoms with van der Waals surface area (Å²) >= 11 is 0. The molecular weight excluding hydrogens is 322 g/mol. The molecule has 0 saturated carbocycles. The number of aliphatic hydroxyl groups is 1. The predicted octanol–water partition coefficient (Wildman–Crippen LogP) is 2.78. The van der Waals surface area contributed by atoms with Crippen molar-refractivity contribution in [3.63, 3.8) is 0 Å². The van der Waals surface area contributed by atoms with Gasteiger partial charge in [-0.15, -0.1) is 0 Å². The molecule has 0 aliphatic heterocycles. The summed E-state index contributed by atoms with van der Waals surface area (Å²) in [5.74, 6) is 1.19. The van der Waals surface area contributed by atoms with Gasteiger partial charge in [0.25, 0.3) is 0 Å². The van der Waals surface area contributed by atoms with Gasteiger partial charge in [0.05, 0.1) is 32.6 Å². The van der Waals surface area contributed by atoms with Gasteiger partial charge in [0.2, 0.25) is 0 Å². The van der Waals surface area contributed by atoms with Crippen LogP contribution in [0.4, 0.5) is 0 Å². The van der Waals surface area contributed by atoms with Gasteiger partial charge in [-0.05, 0) is 43.2 Å². The normalized spacial score (nSPS) is 12.2. The van der Waals surface area contributed by atoms with E-state index in [1.54, 1.807) is 26.4 Å². The minimum atomic E-state index is -0.300. The van der Waals surface area contributed by atoms with E-state index in [9.17, 15) is 9.90 Å². The van der Waals surface area contributed by atoms with Crippen LogP contribution in [0.1, 0.15) is 30.7 Å². The molecule has 0 aliphatic rings. The first-order chi connectivity index (χ1) is 12.2. The van der Waals surface area contributed by atoms with Gasteiger partial charge in [-0.1, -0.05) is 12.1 Å². The summed E-state index contributed by atoms with van der Waals surface area (Å²) in [6.07, 6.45) is 2.05. The number of carbonyl (C=O) groups excluding carboxylic acids is 1. The lowest BCUT2D eigenvalue weighted by Gasteiger charge is -2.29. The van der Waals surface area contributed by atoms with E-state index in [0.717, 1.165) is 11.3 Å². The molecule has 0 amide bonds. The Hall–Kier alpha value is -2.31. The van der Waals surface area contributed by atoms with E-state index in [1.165, 1.54) is 0 Å². The lowest BCUT2D eigenvalue weighted by molar-refractivity contribution is -0.145. The predicted molar refractivity (Wildman–Crippen MR) is 93.2 cm³/mol. The number of esters is 1. The first-order valence-electron chi connectivity index (χ1n) is 8.34. The zero-order chi connectivity index (χ0) is 18.1. The Morgan fingerprint density at radius 2 is 2.04 bits per heavy atom. The largest absolute Gasteiger partial charge is 0.497 e. The molecule has 1 unspecified atom stereocenters. The number of furan rings is 1. The molecule has 1 atom stereocenters. The van der Waals surface area contributed by atoms with Crippen LogP contribution in [0.15, 0.2) is 47.1 Å². The van der Waals surface area contributed by atoms with Gasteiger partial charge in [0, 0.05) is 13.2 Å². The maximum absolute atomic E-state index is 12.0. The summed E-state index contributed by atoms with van der Waals surface area (Å²) in [6.45, 7) is 2.75. The van der Waals surface area contributed by atoms with Crippen LogP contribution < -0.4 is 4.74 Å². The van der Waals surface area contributed by atoms with Crippen LogP contribution in [0.25, 0.3) is 0 Å². The molecular formula is C19H25NO5. The first kappa shape index (κ1) is 19.0. The van der Waals surface area contributed by atoms with Gasteiger partial charge in [-0.25, -0.2) is 0 Å². The summed E-state index contributed by atoms with van der Waals surface area (Å²) in [5, 5.41) is 9.46. The molecule has 6 nitrogen and oxygen atoms in total. The van der Waals surface area contributed by atoms with Gasteiger partial charge in [-0.2, -0.15) is 0 Å². The highest BCUT2D eigenvalue weighted by molar-refractivity contribution is 5.71. The fourth-order valence-corrected chi connectivity index (χ4v) is 2.72. The maximum Gasteiger partial charge on any atom is 0.320 e. The Balaban J connectivity index is 2.21. The van der Waals surface area contributed by atoms with Crippen molar-refractivity contribution in [3.8, 4) is 5.75 Å². The van der Waals surface area contributed by atoms with Crippen LogP contribution in [-0.2, 0) is 16.1 Å². The Morgan fingerprint density at radius 1 is 1.28 bits per heavy atom. The number of carbonyl (C=O) groups is 1. The summed E-state index contributed by atoms with van der Waals surface area (Å²) in [5.41, 5.74) is 1.03. The van der Waals surface area contributed by atoms with Crippen LogP contribution in [0.2, 0.25) is 0 Å². The van der Waals surface area contributed by atoms with Crippen LogP contribution in [0, 0.1) is 0 Å². The standard InChI is InChI=1S/C19H25NO5/c1-3-24-19(22)14-20(13-15-6-8-16(23-2)9-7-15)17(10-11-21)18-5-4-12-25-18/h4-9,12,17,21H,3,10-11,13-14H2,1-2H3. The number of ether oxygens (including phenoxy) is 2. The SMILES string of the molecule is CCOC(=O)CN(Cc1ccc(OC)cc1)C(CCO)c1ccco1. The highest BCUT2D eigenvalue weighted by atomic mass is 16.5. The second-order valence-corrected chi connectivity index (χ2v) is 5.60. The molecule has 0 radical (unpaired) electrons. The molecule has 25 heavy (non-hydrogen) atoms. The van der Waals surface area contributed by atoms with Crippen molar-refractivity contribution in [1.29, 1.82) is 0 Å². The van der Waals surface area contributed by atoms with Gasteiger partial charge in [-0.3, -0.25) is 9.69 Å². The zero-order valence-corrected chi connectivity index (χ0v) is 14.7. The Morgan fingerprint density at radius 3 is 2.60 bits per heavy atom. The molecule has 1 heterocycles. The number of benzene rings is 1. The van der Waals surface area contributed by atoms with Crippen molar-refractivity contribution in [2.75, 3.05) is 26.9 Å². The number of methoxy groups -OCH3 is 1. The van der Waals surface area contributed by atoms with Crippen LogP contribution in [0.5, 0.6) is 5.75 Å². The first-order valence-corrected chi connectivity index (χ1v) is 8.34. The molecule has 136 valence electrons. The van der Waals surface area contributed by atoms with Crippen molar-refractivity contribution < 1.29 is 23.8 Å². The molecule has 0 saturated heterocycles. The Bertz CT molecular complexity index is 624. The number of rotatable bonds is 10. The lowest BCUT2D eigenvalue weighted by Crippen LogP contribution is -2.34. The summed E-state index contributed by atoms with van der Waals surface area (Å²) in [7, 11) is 1.62. The molecule has 6 heteroatoms. The zero-order valence-electron chi connectivity index (χ0n) is 14.7. The summed E-state index contributed by atoms with van der Waals surface area (Å²) in [4.78, 5) is 14.0. The monoisotopic (exact) mass is 347 g/mol. The van der Waals surface area contributed by atoms with E-state index in [2.05, 4.69) is 0 Å². The van der Waals surface area contributed by atoms with E-state index < -0.39 is 0 Å². The van der Waals surface area contributed by atoms with E-state index in [4.69, 9.17) is 13.9 Å². The van der Waals surface area contributed by atoms with Crippen molar-refractivity contribution in [2.24, 2.45) is 0 Å². The van der Waals surface area contributed by atoms with Gasteiger partial charge in [0.15, 0.2) is 0 Å². The molecule has 0 fully saturated rings. The smallest absolute Gasteiger partial charge is 0.320 e. The summed E-state index contributed by atoms with van der Waals surface area (Å²) < 4.78 is 15.8. The Labute approximate surface area is 148 Å². The third kappa shape index (κ3) is 5.62. The van der Waals surface area contributed by atoms with Gasteiger partial charge < -0.3 is 19.0 Å². The van der Waals surface area contributed by atoms with Crippen molar-refractivity contribution in [3.05, 3.63) is 54.0 Å². The molecule has 0 spiro atoms. The van der Waals surface area contributed by atoms with Crippen LogP contribution in [0.3, 0.4) is 0 Å². The molecule has 2 rings (SSSR count). The average molecular weight is 347 g/mol. The van der Waals surface area contributed by atoms with E-state index >= 15 is 0 Å². The minimum Gasteiger partial charge on any atom is -0.497 e. The fraction of sp³-hybridized carbons (Fsp3) is 0.421. The third-order valence-electron chi connectivity index (χ3n) is 3.90. The van der Waals surface area contributed by atoms with Gasteiger partial charge in [0.1, 0.15) is 11.5 Å². The minimum absolute atomic E-state index is 0.00664. The average Bonchev–Trinajstić information content (AvgIpc) is 3.14.